The summed E-state index contributed by atoms with van der Waals surface area (Å²) in [5, 5.41) is 2.96. The molecule has 0 bridgehead atoms. The van der Waals surface area contributed by atoms with Gasteiger partial charge < -0.3 is 9.88 Å². The molecule has 0 aliphatic rings. The maximum Gasteiger partial charge on any atom is 0.330 e. The molecule has 2 rings (SSSR count). The Labute approximate surface area is 119 Å². The zero-order valence-corrected chi connectivity index (χ0v) is 11.7. The Kier molecular flexibility index (Phi) is 4.32. The second-order valence-corrected chi connectivity index (χ2v) is 4.76. The summed E-state index contributed by atoms with van der Waals surface area (Å²) in [6, 6.07) is 3.61. The third-order valence-corrected chi connectivity index (χ3v) is 3.15. The number of hydrogen-bond donors (Lipinski definition) is 1. The minimum atomic E-state index is -0.910. The molecule has 0 saturated heterocycles. The molecule has 0 aliphatic heterocycles. The monoisotopic (exact) mass is 295 g/mol. The van der Waals surface area contributed by atoms with Gasteiger partial charge in [0, 0.05) is 38.9 Å². The predicted octanol–water partition coefficient (Wildman–Crippen LogP) is 0.652. The highest BCUT2D eigenvalue weighted by Gasteiger charge is 2.07. The molecule has 0 atom stereocenters. The van der Waals surface area contributed by atoms with Crippen LogP contribution < -0.4 is 16.6 Å². The zero-order chi connectivity index (χ0) is 15.6. The Morgan fingerprint density at radius 1 is 1.10 bits per heavy atom. The summed E-state index contributed by atoms with van der Waals surface area (Å²) in [6.07, 6.45) is 1.46. The van der Waals surface area contributed by atoms with Crippen LogP contribution in [-0.2, 0) is 27.2 Å². The highest BCUT2D eigenvalue weighted by Crippen LogP contribution is 2.08. The van der Waals surface area contributed by atoms with Crippen LogP contribution >= 0.6 is 0 Å². The third kappa shape index (κ3) is 3.25. The van der Waals surface area contributed by atoms with Crippen LogP contribution in [0, 0.1) is 11.6 Å². The van der Waals surface area contributed by atoms with Gasteiger partial charge in [0.15, 0.2) is 11.6 Å². The van der Waals surface area contributed by atoms with Crippen LogP contribution in [0.3, 0.4) is 0 Å². The lowest BCUT2D eigenvalue weighted by molar-refractivity contribution is 0.506. The van der Waals surface area contributed by atoms with Crippen LogP contribution in [0.15, 0.2) is 34.0 Å². The standard InChI is InChI=1S/C14H15F2N3O2/c1-18-8-10(13(20)19(2)14(18)21)7-17-6-9-3-4-11(15)12(16)5-9/h3-5,8,17H,6-7H2,1-2H3. The van der Waals surface area contributed by atoms with E-state index in [4.69, 9.17) is 0 Å². The van der Waals surface area contributed by atoms with E-state index >= 15 is 0 Å². The highest BCUT2D eigenvalue weighted by atomic mass is 19.2. The van der Waals surface area contributed by atoms with Crippen molar-refractivity contribution in [1.29, 1.82) is 0 Å². The molecule has 0 fully saturated rings. The summed E-state index contributed by atoms with van der Waals surface area (Å²) >= 11 is 0. The van der Waals surface area contributed by atoms with Gasteiger partial charge >= 0.3 is 5.69 Å². The molecule has 1 heterocycles. The Balaban J connectivity index is 2.09. The van der Waals surface area contributed by atoms with Crippen LogP contribution in [0.25, 0.3) is 0 Å². The van der Waals surface area contributed by atoms with E-state index in [1.165, 1.54) is 23.9 Å². The fourth-order valence-electron chi connectivity index (χ4n) is 2.00. The van der Waals surface area contributed by atoms with E-state index in [0.29, 0.717) is 11.1 Å². The summed E-state index contributed by atoms with van der Waals surface area (Å²) in [5.41, 5.74) is 0.206. The molecule has 1 N–H and O–H groups in total. The fourth-order valence-corrected chi connectivity index (χ4v) is 2.00. The lowest BCUT2D eigenvalue weighted by atomic mass is 10.2. The summed E-state index contributed by atoms with van der Waals surface area (Å²) in [4.78, 5) is 23.4. The van der Waals surface area contributed by atoms with Gasteiger partial charge in [0.2, 0.25) is 0 Å². The quantitative estimate of drug-likeness (QED) is 0.901. The molecule has 0 unspecified atom stereocenters. The molecule has 0 aliphatic carbocycles. The summed E-state index contributed by atoms with van der Waals surface area (Å²) in [5.74, 6) is -1.81. The van der Waals surface area contributed by atoms with Gasteiger partial charge in [-0.2, -0.15) is 0 Å². The normalized spacial score (nSPS) is 10.9. The number of aromatic nitrogens is 2. The molecule has 1 aromatic heterocycles. The predicted molar refractivity (Wildman–Crippen MR) is 73.8 cm³/mol. The molecular formula is C14H15F2N3O2. The van der Waals surface area contributed by atoms with E-state index < -0.39 is 17.3 Å². The van der Waals surface area contributed by atoms with E-state index in [0.717, 1.165) is 16.7 Å². The van der Waals surface area contributed by atoms with Crippen molar-refractivity contribution in [3.8, 4) is 0 Å². The molecule has 2 aromatic rings. The molecule has 7 heteroatoms. The first kappa shape index (κ1) is 15.1. The fraction of sp³-hybridized carbons (Fsp3) is 0.286. The molecular weight excluding hydrogens is 280 g/mol. The minimum Gasteiger partial charge on any atom is -0.308 e. The van der Waals surface area contributed by atoms with Gasteiger partial charge in [-0.1, -0.05) is 6.07 Å². The molecule has 21 heavy (non-hydrogen) atoms. The van der Waals surface area contributed by atoms with Crippen LogP contribution in [0.2, 0.25) is 0 Å². The van der Waals surface area contributed by atoms with Crippen molar-refractivity contribution in [3.63, 3.8) is 0 Å². The maximum atomic E-state index is 13.0. The number of halogens is 2. The lowest BCUT2D eigenvalue weighted by Crippen LogP contribution is -2.39. The van der Waals surface area contributed by atoms with E-state index in [-0.39, 0.29) is 18.6 Å². The van der Waals surface area contributed by atoms with Gasteiger partial charge in [-0.3, -0.25) is 9.36 Å². The van der Waals surface area contributed by atoms with Crippen LogP contribution in [0.5, 0.6) is 0 Å². The Morgan fingerprint density at radius 3 is 2.48 bits per heavy atom. The number of hydrogen-bond acceptors (Lipinski definition) is 3. The van der Waals surface area contributed by atoms with Crippen LogP contribution in [-0.4, -0.2) is 9.13 Å². The largest absolute Gasteiger partial charge is 0.330 e. The van der Waals surface area contributed by atoms with Crippen molar-refractivity contribution in [2.45, 2.75) is 13.1 Å². The second kappa shape index (κ2) is 6.01. The van der Waals surface area contributed by atoms with E-state index in [9.17, 15) is 18.4 Å². The van der Waals surface area contributed by atoms with Crippen molar-refractivity contribution in [2.24, 2.45) is 14.1 Å². The Morgan fingerprint density at radius 2 is 1.81 bits per heavy atom. The molecule has 1 aromatic carbocycles. The highest BCUT2D eigenvalue weighted by molar-refractivity contribution is 5.17. The smallest absolute Gasteiger partial charge is 0.308 e. The second-order valence-electron chi connectivity index (χ2n) is 4.76. The molecule has 0 amide bonds. The Hall–Kier alpha value is -2.28. The Bertz CT molecular complexity index is 781. The van der Waals surface area contributed by atoms with Gasteiger partial charge in [-0.15, -0.1) is 0 Å². The van der Waals surface area contributed by atoms with Gasteiger partial charge in [0.05, 0.1) is 0 Å². The van der Waals surface area contributed by atoms with Crippen molar-refractivity contribution >= 4 is 0 Å². The first-order chi connectivity index (χ1) is 9.90. The van der Waals surface area contributed by atoms with Gasteiger partial charge in [0.1, 0.15) is 0 Å². The van der Waals surface area contributed by atoms with Gasteiger partial charge in [0.25, 0.3) is 5.56 Å². The average Bonchev–Trinajstić information content (AvgIpc) is 2.46. The number of rotatable bonds is 4. The molecule has 0 radical (unpaired) electrons. The average molecular weight is 295 g/mol. The summed E-state index contributed by atoms with van der Waals surface area (Å²) in [6.45, 7) is 0.503. The van der Waals surface area contributed by atoms with Crippen molar-refractivity contribution in [2.75, 3.05) is 0 Å². The van der Waals surface area contributed by atoms with E-state index in [1.54, 1.807) is 7.05 Å². The van der Waals surface area contributed by atoms with Gasteiger partial charge in [-0.05, 0) is 17.7 Å². The maximum absolute atomic E-state index is 13.0. The van der Waals surface area contributed by atoms with Gasteiger partial charge in [-0.25, -0.2) is 13.6 Å². The topological polar surface area (TPSA) is 56.0 Å². The van der Waals surface area contributed by atoms with Crippen LogP contribution in [0.1, 0.15) is 11.1 Å². The van der Waals surface area contributed by atoms with Crippen LogP contribution in [0.4, 0.5) is 8.78 Å². The molecule has 0 spiro atoms. The first-order valence-corrected chi connectivity index (χ1v) is 6.30. The van der Waals surface area contributed by atoms with E-state index in [1.807, 2.05) is 0 Å². The molecule has 5 nitrogen and oxygen atoms in total. The number of nitrogens with one attached hydrogen (secondary N) is 1. The number of aryl methyl sites for hydroxylation is 1. The van der Waals surface area contributed by atoms with E-state index in [2.05, 4.69) is 5.32 Å². The number of benzene rings is 1. The SMILES string of the molecule is Cn1cc(CNCc2ccc(F)c(F)c2)c(=O)n(C)c1=O. The lowest BCUT2D eigenvalue weighted by Gasteiger charge is -2.08. The first-order valence-electron chi connectivity index (χ1n) is 6.30. The number of nitrogens with zero attached hydrogens (tertiary/aromatic N) is 2. The zero-order valence-electron chi connectivity index (χ0n) is 11.7. The minimum absolute atomic E-state index is 0.222. The molecule has 0 saturated carbocycles. The van der Waals surface area contributed by atoms with Crippen molar-refractivity contribution in [1.82, 2.24) is 14.5 Å². The molecule has 112 valence electrons. The summed E-state index contributed by atoms with van der Waals surface area (Å²) in [7, 11) is 2.96. The summed E-state index contributed by atoms with van der Waals surface area (Å²) < 4.78 is 28.2. The third-order valence-electron chi connectivity index (χ3n) is 3.15. The van der Waals surface area contributed by atoms with Crippen molar-refractivity contribution in [3.05, 3.63) is 68.0 Å². The van der Waals surface area contributed by atoms with Crippen molar-refractivity contribution < 1.29 is 8.78 Å².